The van der Waals surface area contributed by atoms with E-state index in [0.717, 1.165) is 17.1 Å². The molecule has 20 heavy (non-hydrogen) atoms. The molecule has 0 bridgehead atoms. The predicted molar refractivity (Wildman–Crippen MR) is 74.7 cm³/mol. The molecule has 2 heterocycles. The van der Waals surface area contributed by atoms with E-state index in [1.165, 1.54) is 4.31 Å². The van der Waals surface area contributed by atoms with E-state index in [-0.39, 0.29) is 24.2 Å². The van der Waals surface area contributed by atoms with Gasteiger partial charge in [-0.25, -0.2) is 8.42 Å². The average Bonchev–Trinajstić information content (AvgIpc) is 2.82. The summed E-state index contributed by atoms with van der Waals surface area (Å²) in [6.45, 7) is 5.86. The fourth-order valence-electron chi connectivity index (χ4n) is 2.47. The number of sulfonamides is 1. The van der Waals surface area contributed by atoms with Gasteiger partial charge in [0.2, 0.25) is 15.9 Å². The van der Waals surface area contributed by atoms with Crippen molar-refractivity contribution in [2.75, 3.05) is 18.8 Å². The van der Waals surface area contributed by atoms with Gasteiger partial charge < -0.3 is 9.73 Å². The highest BCUT2D eigenvalue weighted by Gasteiger charge is 2.30. The minimum absolute atomic E-state index is 0.109. The second kappa shape index (κ2) is 5.57. The summed E-state index contributed by atoms with van der Waals surface area (Å²) in [5, 5.41) is 2.81. The second-order valence-electron chi connectivity index (χ2n) is 5.16. The maximum atomic E-state index is 11.9. The highest BCUT2D eigenvalue weighted by atomic mass is 32.2. The summed E-state index contributed by atoms with van der Waals surface area (Å²) >= 11 is 0. The third kappa shape index (κ3) is 3.21. The van der Waals surface area contributed by atoms with E-state index in [0.29, 0.717) is 13.0 Å². The molecule has 1 unspecified atom stereocenters. The fraction of sp³-hybridized carbons (Fsp3) is 0.615. The number of nitrogens with zero attached hydrogens (tertiary/aromatic N) is 1. The molecular formula is C13H20N2O4S. The highest BCUT2D eigenvalue weighted by molar-refractivity contribution is 7.89. The zero-order chi connectivity index (χ0) is 14.9. The normalized spacial score (nSPS) is 19.9. The van der Waals surface area contributed by atoms with Crippen LogP contribution in [0.1, 0.15) is 36.5 Å². The highest BCUT2D eigenvalue weighted by Crippen LogP contribution is 2.21. The summed E-state index contributed by atoms with van der Waals surface area (Å²) in [6, 6.07) is 1.68. The van der Waals surface area contributed by atoms with Gasteiger partial charge in [0.1, 0.15) is 11.5 Å². The molecule has 1 aromatic heterocycles. The lowest BCUT2D eigenvalue weighted by molar-refractivity contribution is -0.121. The molecule has 1 fully saturated rings. The SMILES string of the molecule is Cc1cc(C(C)NC(=O)CN2CCCS2(=O)=O)c(C)o1. The van der Waals surface area contributed by atoms with Crippen LogP contribution in [-0.2, 0) is 14.8 Å². The first-order valence-corrected chi connectivity index (χ1v) is 8.24. The van der Waals surface area contributed by atoms with Crippen LogP contribution in [0.2, 0.25) is 0 Å². The Morgan fingerprint density at radius 2 is 2.20 bits per heavy atom. The van der Waals surface area contributed by atoms with Gasteiger partial charge in [-0.1, -0.05) is 0 Å². The molecule has 1 N–H and O–H groups in total. The Hall–Kier alpha value is -1.34. The lowest BCUT2D eigenvalue weighted by Gasteiger charge is -2.17. The average molecular weight is 300 g/mol. The lowest BCUT2D eigenvalue weighted by Crippen LogP contribution is -2.39. The van der Waals surface area contributed by atoms with Gasteiger partial charge in [-0.15, -0.1) is 0 Å². The van der Waals surface area contributed by atoms with Crippen molar-refractivity contribution in [1.29, 1.82) is 0 Å². The van der Waals surface area contributed by atoms with E-state index in [4.69, 9.17) is 4.42 Å². The largest absolute Gasteiger partial charge is 0.466 e. The zero-order valence-electron chi connectivity index (χ0n) is 12.0. The summed E-state index contributed by atoms with van der Waals surface area (Å²) in [5.74, 6) is 1.40. The number of nitrogens with one attached hydrogen (secondary N) is 1. The molecule has 1 aliphatic rings. The van der Waals surface area contributed by atoms with Crippen LogP contribution < -0.4 is 5.32 Å². The van der Waals surface area contributed by atoms with Crippen molar-refractivity contribution in [2.24, 2.45) is 0 Å². The summed E-state index contributed by atoms with van der Waals surface area (Å²) < 4.78 is 29.9. The number of hydrogen-bond acceptors (Lipinski definition) is 4. The lowest BCUT2D eigenvalue weighted by atomic mass is 10.1. The van der Waals surface area contributed by atoms with Crippen LogP contribution in [0.5, 0.6) is 0 Å². The molecule has 0 spiro atoms. The van der Waals surface area contributed by atoms with Gasteiger partial charge in [0.05, 0.1) is 18.3 Å². The number of rotatable bonds is 4. The molecule has 1 aliphatic heterocycles. The van der Waals surface area contributed by atoms with E-state index in [9.17, 15) is 13.2 Å². The first-order chi connectivity index (χ1) is 9.29. The number of aryl methyl sites for hydroxylation is 2. The third-order valence-corrected chi connectivity index (χ3v) is 5.35. The molecule has 112 valence electrons. The maximum absolute atomic E-state index is 11.9. The summed E-state index contributed by atoms with van der Waals surface area (Å²) in [6.07, 6.45) is 0.588. The Bertz CT molecular complexity index is 606. The Morgan fingerprint density at radius 3 is 2.70 bits per heavy atom. The standard InChI is InChI=1S/C13H20N2O4S/c1-9-7-12(11(3)19-9)10(2)14-13(16)8-15-5-4-6-20(15,17)18/h7,10H,4-6,8H2,1-3H3,(H,14,16). The molecule has 0 saturated carbocycles. The number of carbonyl (C=O) groups is 1. The molecule has 2 rings (SSSR count). The molecule has 0 radical (unpaired) electrons. The Morgan fingerprint density at radius 1 is 1.50 bits per heavy atom. The van der Waals surface area contributed by atoms with Crippen LogP contribution in [0.25, 0.3) is 0 Å². The van der Waals surface area contributed by atoms with Crippen molar-refractivity contribution < 1.29 is 17.6 Å². The number of hydrogen-bond donors (Lipinski definition) is 1. The van der Waals surface area contributed by atoms with Crippen LogP contribution in [0, 0.1) is 13.8 Å². The smallest absolute Gasteiger partial charge is 0.235 e. The molecule has 6 nitrogen and oxygen atoms in total. The molecule has 1 amide bonds. The summed E-state index contributed by atoms with van der Waals surface area (Å²) in [5.41, 5.74) is 0.917. The van der Waals surface area contributed by atoms with Crippen molar-refractivity contribution in [3.05, 3.63) is 23.2 Å². The van der Waals surface area contributed by atoms with Gasteiger partial charge in [-0.05, 0) is 33.3 Å². The minimum atomic E-state index is -3.23. The van der Waals surface area contributed by atoms with Crippen molar-refractivity contribution in [3.8, 4) is 0 Å². The van der Waals surface area contributed by atoms with E-state index in [1.807, 2.05) is 26.8 Å². The maximum Gasteiger partial charge on any atom is 0.235 e. The number of amides is 1. The van der Waals surface area contributed by atoms with Crippen LogP contribution >= 0.6 is 0 Å². The topological polar surface area (TPSA) is 79.6 Å². The fourth-order valence-corrected chi connectivity index (χ4v) is 3.95. The van der Waals surface area contributed by atoms with Crippen LogP contribution in [0.3, 0.4) is 0 Å². The Labute approximate surface area is 119 Å². The van der Waals surface area contributed by atoms with Gasteiger partial charge in [-0.3, -0.25) is 4.79 Å². The Kier molecular flexibility index (Phi) is 4.19. The Balaban J connectivity index is 1.96. The second-order valence-corrected chi connectivity index (χ2v) is 7.25. The van der Waals surface area contributed by atoms with Gasteiger partial charge in [-0.2, -0.15) is 4.31 Å². The third-order valence-electron chi connectivity index (χ3n) is 3.45. The van der Waals surface area contributed by atoms with E-state index in [1.54, 1.807) is 0 Å². The van der Waals surface area contributed by atoms with E-state index in [2.05, 4.69) is 5.32 Å². The van der Waals surface area contributed by atoms with Crippen molar-refractivity contribution in [1.82, 2.24) is 9.62 Å². The minimum Gasteiger partial charge on any atom is -0.466 e. The van der Waals surface area contributed by atoms with Crippen LogP contribution in [-0.4, -0.2) is 37.5 Å². The number of furan rings is 1. The van der Waals surface area contributed by atoms with Gasteiger partial charge in [0.25, 0.3) is 0 Å². The van der Waals surface area contributed by atoms with Crippen LogP contribution in [0.4, 0.5) is 0 Å². The summed E-state index contributed by atoms with van der Waals surface area (Å²) in [7, 11) is -3.23. The van der Waals surface area contributed by atoms with Crippen molar-refractivity contribution >= 4 is 15.9 Å². The van der Waals surface area contributed by atoms with Crippen LogP contribution in [0.15, 0.2) is 10.5 Å². The predicted octanol–water partition coefficient (Wildman–Crippen LogP) is 1.11. The molecule has 1 atom stereocenters. The van der Waals surface area contributed by atoms with Crippen molar-refractivity contribution in [2.45, 2.75) is 33.2 Å². The number of carbonyl (C=O) groups excluding carboxylic acids is 1. The molecular weight excluding hydrogens is 280 g/mol. The molecule has 7 heteroatoms. The van der Waals surface area contributed by atoms with Gasteiger partial charge in [0.15, 0.2) is 0 Å². The first kappa shape index (κ1) is 15.1. The molecule has 0 aliphatic carbocycles. The summed E-state index contributed by atoms with van der Waals surface area (Å²) in [4.78, 5) is 11.9. The quantitative estimate of drug-likeness (QED) is 0.903. The molecule has 1 saturated heterocycles. The van der Waals surface area contributed by atoms with Gasteiger partial charge in [0, 0.05) is 12.1 Å². The molecule has 0 aromatic carbocycles. The first-order valence-electron chi connectivity index (χ1n) is 6.64. The van der Waals surface area contributed by atoms with Crippen molar-refractivity contribution in [3.63, 3.8) is 0 Å². The molecule has 1 aromatic rings. The zero-order valence-corrected chi connectivity index (χ0v) is 12.8. The van der Waals surface area contributed by atoms with Gasteiger partial charge >= 0.3 is 0 Å². The van der Waals surface area contributed by atoms with E-state index >= 15 is 0 Å². The van der Waals surface area contributed by atoms with E-state index < -0.39 is 10.0 Å². The monoisotopic (exact) mass is 300 g/mol.